The SMILES string of the molecule is CCS[PH](=O)SCC.[NaH]. The number of rotatable bonds is 4. The van der Waals surface area contributed by atoms with Crippen LogP contribution in [0, 0.1) is 0 Å². The van der Waals surface area contributed by atoms with Crippen LogP contribution in [0.4, 0.5) is 0 Å². The molecule has 0 heterocycles. The molecule has 1 nitrogen and oxygen atoms in total. The minimum absolute atomic E-state index is 0. The van der Waals surface area contributed by atoms with Gasteiger partial charge in [-0.1, -0.05) is 36.6 Å². The monoisotopic (exact) mass is 194 g/mol. The summed E-state index contributed by atoms with van der Waals surface area (Å²) in [6, 6.07) is 0. The van der Waals surface area contributed by atoms with E-state index in [1.54, 1.807) is 22.8 Å². The Kier molecular flexibility index (Phi) is 14.9. The predicted molar refractivity (Wildman–Crippen MR) is 52.4 cm³/mol. The molecule has 0 aliphatic rings. The molecule has 0 aromatic carbocycles. The van der Waals surface area contributed by atoms with Crippen molar-refractivity contribution in [3.8, 4) is 0 Å². The van der Waals surface area contributed by atoms with Gasteiger partial charge >= 0.3 is 29.6 Å². The molecule has 0 aromatic heterocycles. The summed E-state index contributed by atoms with van der Waals surface area (Å²) in [5.41, 5.74) is 0. The first-order valence-corrected chi connectivity index (χ1v) is 7.43. The Balaban J connectivity index is 0. The summed E-state index contributed by atoms with van der Waals surface area (Å²) in [4.78, 5) is 0. The fraction of sp³-hybridized carbons (Fsp3) is 1.00. The molecule has 0 aliphatic heterocycles. The fourth-order valence-electron chi connectivity index (χ4n) is 0.277. The standard InChI is InChI=1S/C4H11OPS2.Na.H/c1-3-7-6(5)8-4-2;;/h6H,3-4H2,1-2H3;;. The molecule has 5 heteroatoms. The first kappa shape index (κ1) is 13.5. The van der Waals surface area contributed by atoms with E-state index in [0.29, 0.717) is 0 Å². The van der Waals surface area contributed by atoms with Crippen LogP contribution in [0.15, 0.2) is 0 Å². The molecule has 0 atom stereocenters. The second kappa shape index (κ2) is 9.93. The maximum absolute atomic E-state index is 10.8. The van der Waals surface area contributed by atoms with Gasteiger partial charge in [0.15, 0.2) is 6.20 Å². The first-order chi connectivity index (χ1) is 3.81. The molecule has 0 amide bonds. The quantitative estimate of drug-likeness (QED) is 0.504. The van der Waals surface area contributed by atoms with Crippen molar-refractivity contribution in [2.75, 3.05) is 11.5 Å². The van der Waals surface area contributed by atoms with Crippen molar-refractivity contribution in [2.45, 2.75) is 13.8 Å². The van der Waals surface area contributed by atoms with E-state index in [1.165, 1.54) is 0 Å². The van der Waals surface area contributed by atoms with Gasteiger partial charge in [-0.15, -0.1) is 0 Å². The average Bonchev–Trinajstić information content (AvgIpc) is 1.68. The van der Waals surface area contributed by atoms with E-state index in [-0.39, 0.29) is 29.6 Å². The predicted octanol–water partition coefficient (Wildman–Crippen LogP) is 2.23. The molecule has 52 valence electrons. The van der Waals surface area contributed by atoms with Gasteiger partial charge in [0.1, 0.15) is 0 Å². The Morgan fingerprint density at radius 1 is 1.22 bits per heavy atom. The van der Waals surface area contributed by atoms with Crippen molar-refractivity contribution in [3.05, 3.63) is 0 Å². The summed E-state index contributed by atoms with van der Waals surface area (Å²) in [6.45, 7) is 4.06. The van der Waals surface area contributed by atoms with Crippen LogP contribution in [0.3, 0.4) is 0 Å². The van der Waals surface area contributed by atoms with Gasteiger partial charge in [0.25, 0.3) is 0 Å². The van der Waals surface area contributed by atoms with Crippen molar-refractivity contribution in [3.63, 3.8) is 0 Å². The van der Waals surface area contributed by atoms with Crippen LogP contribution in [0.25, 0.3) is 0 Å². The maximum atomic E-state index is 10.8. The minimum atomic E-state index is -1.31. The van der Waals surface area contributed by atoms with Crippen LogP contribution in [0.2, 0.25) is 0 Å². The summed E-state index contributed by atoms with van der Waals surface area (Å²) in [5, 5.41) is 0. The van der Waals surface area contributed by atoms with Crippen molar-refractivity contribution in [1.29, 1.82) is 0 Å². The van der Waals surface area contributed by atoms with Gasteiger partial charge in [0.2, 0.25) is 0 Å². The van der Waals surface area contributed by atoms with Crippen molar-refractivity contribution in [2.24, 2.45) is 0 Å². The normalized spacial score (nSPS) is 9.22. The summed E-state index contributed by atoms with van der Waals surface area (Å²) >= 11 is 3.13. The topological polar surface area (TPSA) is 17.1 Å². The average molecular weight is 194 g/mol. The Morgan fingerprint density at radius 3 is 1.78 bits per heavy atom. The van der Waals surface area contributed by atoms with E-state index >= 15 is 0 Å². The Hall–Kier alpha value is 1.93. The zero-order valence-corrected chi connectivity index (χ0v) is 7.77. The van der Waals surface area contributed by atoms with Gasteiger partial charge in [-0.2, -0.15) is 0 Å². The molecule has 0 unspecified atom stereocenters. The molecular formula is C4H12NaOPS2. The molecule has 0 saturated carbocycles. The van der Waals surface area contributed by atoms with Gasteiger partial charge in [0, 0.05) is 0 Å². The Labute approximate surface area is 87.7 Å². The zero-order valence-electron chi connectivity index (χ0n) is 5.14. The summed E-state index contributed by atoms with van der Waals surface area (Å²) in [5.74, 6) is 1.95. The molecule has 0 bridgehead atoms. The van der Waals surface area contributed by atoms with Crippen molar-refractivity contribution in [1.82, 2.24) is 0 Å². The van der Waals surface area contributed by atoms with Gasteiger partial charge in [0.05, 0.1) is 0 Å². The summed E-state index contributed by atoms with van der Waals surface area (Å²) in [7, 11) is 0. The molecule has 0 spiro atoms. The second-order valence-electron chi connectivity index (χ2n) is 1.12. The van der Waals surface area contributed by atoms with Crippen molar-refractivity contribution < 1.29 is 4.57 Å². The Bertz CT molecular complexity index is 73.0. The Morgan fingerprint density at radius 2 is 1.56 bits per heavy atom. The third kappa shape index (κ3) is 9.93. The van der Waals surface area contributed by atoms with Crippen LogP contribution in [0.5, 0.6) is 0 Å². The molecule has 0 rings (SSSR count). The van der Waals surface area contributed by atoms with E-state index in [4.69, 9.17) is 0 Å². The molecular weight excluding hydrogens is 182 g/mol. The van der Waals surface area contributed by atoms with Gasteiger partial charge in [-0.25, -0.2) is 0 Å². The van der Waals surface area contributed by atoms with Gasteiger partial charge in [-0.3, -0.25) is 0 Å². The van der Waals surface area contributed by atoms with Crippen molar-refractivity contribution >= 4 is 58.5 Å². The summed E-state index contributed by atoms with van der Waals surface area (Å²) < 4.78 is 10.8. The van der Waals surface area contributed by atoms with Crippen LogP contribution in [0.1, 0.15) is 13.8 Å². The van der Waals surface area contributed by atoms with E-state index < -0.39 is 6.20 Å². The van der Waals surface area contributed by atoms with Gasteiger partial charge < -0.3 is 4.57 Å². The van der Waals surface area contributed by atoms with Gasteiger partial charge in [-0.05, 0) is 11.5 Å². The van der Waals surface area contributed by atoms with E-state index in [0.717, 1.165) is 11.5 Å². The van der Waals surface area contributed by atoms with Crippen LogP contribution in [-0.2, 0) is 4.57 Å². The molecule has 9 heavy (non-hydrogen) atoms. The number of hydrogen-bond acceptors (Lipinski definition) is 3. The fourth-order valence-corrected chi connectivity index (χ4v) is 5.37. The molecule has 0 aliphatic carbocycles. The first-order valence-electron chi connectivity index (χ1n) is 2.60. The molecule has 0 fully saturated rings. The molecule has 0 N–H and O–H groups in total. The molecule has 0 radical (unpaired) electrons. The van der Waals surface area contributed by atoms with E-state index in [9.17, 15) is 4.57 Å². The van der Waals surface area contributed by atoms with E-state index in [1.807, 2.05) is 13.8 Å². The van der Waals surface area contributed by atoms with Crippen LogP contribution in [-0.4, -0.2) is 41.1 Å². The zero-order chi connectivity index (χ0) is 6.41. The molecule has 0 aromatic rings. The van der Waals surface area contributed by atoms with Crippen LogP contribution >= 0.6 is 29.0 Å². The molecule has 0 saturated heterocycles. The third-order valence-electron chi connectivity index (χ3n) is 0.524. The summed E-state index contributed by atoms with van der Waals surface area (Å²) in [6.07, 6.45) is -1.31. The number of hydrogen-bond donors (Lipinski definition) is 0. The third-order valence-corrected chi connectivity index (χ3v) is 6.84. The van der Waals surface area contributed by atoms with E-state index in [2.05, 4.69) is 0 Å². The second-order valence-corrected chi connectivity index (χ2v) is 8.08. The van der Waals surface area contributed by atoms with Crippen LogP contribution < -0.4 is 0 Å².